The normalized spacial score (nSPS) is 9.79. The van der Waals surface area contributed by atoms with Crippen LogP contribution < -0.4 is 14.2 Å². The third kappa shape index (κ3) is 1.88. The molecule has 0 heterocycles. The number of benzene rings is 1. The second-order valence-electron chi connectivity index (χ2n) is 2.51. The molecule has 78 valence electrons. The fourth-order valence-electron chi connectivity index (χ4n) is 1.18. The zero-order valence-corrected chi connectivity index (χ0v) is 9.99. The summed E-state index contributed by atoms with van der Waals surface area (Å²) in [5.41, 5.74) is 0. The van der Waals surface area contributed by atoms with E-state index in [4.69, 9.17) is 14.2 Å². The van der Waals surface area contributed by atoms with Crippen molar-refractivity contribution in [3.05, 3.63) is 6.07 Å². The Kier molecular flexibility index (Phi) is 3.83. The second-order valence-corrected chi connectivity index (χ2v) is 3.48. The molecule has 14 heavy (non-hydrogen) atoms. The van der Waals surface area contributed by atoms with E-state index in [0.29, 0.717) is 27.0 Å². The Bertz CT molecular complexity index is 311. The molecule has 0 saturated carbocycles. The van der Waals surface area contributed by atoms with E-state index in [2.05, 4.69) is 25.3 Å². The maximum atomic E-state index is 5.17. The zero-order valence-electron chi connectivity index (χ0n) is 8.20. The summed E-state index contributed by atoms with van der Waals surface area (Å²) in [6.07, 6.45) is 0. The molecule has 0 aliphatic carbocycles. The van der Waals surface area contributed by atoms with Gasteiger partial charge in [0.2, 0.25) is 5.75 Å². The molecule has 3 nitrogen and oxygen atoms in total. The van der Waals surface area contributed by atoms with Gasteiger partial charge in [0, 0.05) is 0 Å². The summed E-state index contributed by atoms with van der Waals surface area (Å²) < 4.78 is 15.5. The molecule has 1 aromatic carbocycles. The zero-order chi connectivity index (χ0) is 10.7. The average molecular weight is 232 g/mol. The van der Waals surface area contributed by atoms with Crippen LogP contribution in [-0.4, -0.2) is 21.3 Å². The first kappa shape index (κ1) is 11.4. The van der Waals surface area contributed by atoms with Crippen LogP contribution in [0.3, 0.4) is 0 Å². The maximum absolute atomic E-state index is 5.17. The van der Waals surface area contributed by atoms with Crippen LogP contribution in [0.25, 0.3) is 0 Å². The van der Waals surface area contributed by atoms with E-state index in [9.17, 15) is 0 Å². The van der Waals surface area contributed by atoms with Crippen molar-refractivity contribution < 1.29 is 14.2 Å². The summed E-state index contributed by atoms with van der Waals surface area (Å²) in [5, 5.41) is 0. The van der Waals surface area contributed by atoms with Gasteiger partial charge in [-0.15, -0.1) is 25.3 Å². The summed E-state index contributed by atoms with van der Waals surface area (Å²) >= 11 is 8.50. The van der Waals surface area contributed by atoms with Gasteiger partial charge in [-0.2, -0.15) is 0 Å². The number of thiol groups is 2. The molecule has 1 rings (SSSR count). The molecule has 0 radical (unpaired) electrons. The Balaban J connectivity index is 3.43. The third-order valence-electron chi connectivity index (χ3n) is 1.76. The number of hydrogen-bond acceptors (Lipinski definition) is 5. The van der Waals surface area contributed by atoms with Crippen LogP contribution in [0.15, 0.2) is 15.9 Å². The van der Waals surface area contributed by atoms with Crippen molar-refractivity contribution in [2.75, 3.05) is 21.3 Å². The molecule has 0 amide bonds. The lowest BCUT2D eigenvalue weighted by Gasteiger charge is -2.15. The molecule has 5 heteroatoms. The molecule has 0 N–H and O–H groups in total. The lowest BCUT2D eigenvalue weighted by molar-refractivity contribution is 0.314. The number of hydrogen-bond donors (Lipinski definition) is 2. The number of rotatable bonds is 3. The number of methoxy groups -OCH3 is 3. The van der Waals surface area contributed by atoms with Gasteiger partial charge in [0.1, 0.15) is 0 Å². The second kappa shape index (κ2) is 4.70. The van der Waals surface area contributed by atoms with E-state index >= 15 is 0 Å². The molecule has 0 saturated heterocycles. The molecule has 0 unspecified atom stereocenters. The molecule has 0 fully saturated rings. The third-order valence-corrected chi connectivity index (χ3v) is 2.43. The molecule has 0 aromatic heterocycles. The van der Waals surface area contributed by atoms with E-state index in [1.165, 1.54) is 0 Å². The molecular weight excluding hydrogens is 220 g/mol. The molecule has 0 aliphatic heterocycles. The van der Waals surface area contributed by atoms with Crippen molar-refractivity contribution >= 4 is 25.3 Å². The van der Waals surface area contributed by atoms with E-state index in [1.54, 1.807) is 27.4 Å². The minimum absolute atomic E-state index is 0.507. The molecule has 0 spiro atoms. The van der Waals surface area contributed by atoms with Gasteiger partial charge >= 0.3 is 0 Å². The minimum atomic E-state index is 0.507. The fraction of sp³-hybridized carbons (Fsp3) is 0.333. The summed E-state index contributed by atoms with van der Waals surface area (Å²) in [6.45, 7) is 0. The maximum Gasteiger partial charge on any atom is 0.205 e. The Hall–Kier alpha value is -0.680. The molecule has 0 atom stereocenters. The van der Waals surface area contributed by atoms with Gasteiger partial charge in [0.25, 0.3) is 0 Å². The SMILES string of the molecule is COc1c(S)cc(S)c(OC)c1OC. The molecule has 1 aromatic rings. The monoisotopic (exact) mass is 232 g/mol. The van der Waals surface area contributed by atoms with Crippen LogP contribution in [0.5, 0.6) is 17.2 Å². The highest BCUT2D eigenvalue weighted by Gasteiger charge is 2.17. The van der Waals surface area contributed by atoms with Crippen LogP contribution in [0, 0.1) is 0 Å². The molecule has 0 aliphatic rings. The van der Waals surface area contributed by atoms with Crippen molar-refractivity contribution in [3.8, 4) is 17.2 Å². The van der Waals surface area contributed by atoms with Crippen LogP contribution in [0.4, 0.5) is 0 Å². The van der Waals surface area contributed by atoms with Crippen molar-refractivity contribution in [1.29, 1.82) is 0 Å². The van der Waals surface area contributed by atoms with Gasteiger partial charge in [-0.25, -0.2) is 0 Å². The van der Waals surface area contributed by atoms with Crippen LogP contribution in [-0.2, 0) is 0 Å². The largest absolute Gasteiger partial charge is 0.492 e. The predicted octanol–water partition coefficient (Wildman–Crippen LogP) is 2.29. The first-order valence-electron chi connectivity index (χ1n) is 3.86. The smallest absolute Gasteiger partial charge is 0.205 e. The van der Waals surface area contributed by atoms with E-state index in [1.807, 2.05) is 0 Å². The summed E-state index contributed by atoms with van der Waals surface area (Å²) in [5.74, 6) is 1.60. The first-order valence-corrected chi connectivity index (χ1v) is 4.76. The average Bonchev–Trinajstić information content (AvgIpc) is 2.16. The van der Waals surface area contributed by atoms with Gasteiger partial charge in [0.05, 0.1) is 31.1 Å². The lowest BCUT2D eigenvalue weighted by Crippen LogP contribution is -1.96. The van der Waals surface area contributed by atoms with Crippen LogP contribution in [0.1, 0.15) is 0 Å². The lowest BCUT2D eigenvalue weighted by atomic mass is 10.3. The Labute approximate surface area is 94.2 Å². The highest BCUT2D eigenvalue weighted by Crippen LogP contribution is 2.45. The van der Waals surface area contributed by atoms with E-state index in [-0.39, 0.29) is 0 Å². The van der Waals surface area contributed by atoms with Crippen molar-refractivity contribution in [1.82, 2.24) is 0 Å². The standard InChI is InChI=1S/C9H12O3S2/c1-10-7-5(13)4-6(14)8(11-2)9(7)12-3/h4,13-14H,1-3H3. The summed E-state index contributed by atoms with van der Waals surface area (Å²) in [4.78, 5) is 1.32. The van der Waals surface area contributed by atoms with Gasteiger partial charge in [-0.3, -0.25) is 0 Å². The molecule has 0 bridgehead atoms. The van der Waals surface area contributed by atoms with Gasteiger partial charge in [0.15, 0.2) is 11.5 Å². The fourth-order valence-corrected chi connectivity index (χ4v) is 1.92. The van der Waals surface area contributed by atoms with Gasteiger partial charge in [-0.05, 0) is 6.07 Å². The summed E-state index contributed by atoms with van der Waals surface area (Å²) in [6, 6.07) is 1.74. The Morgan fingerprint density at radius 2 is 1.14 bits per heavy atom. The number of ether oxygens (including phenoxy) is 3. The van der Waals surface area contributed by atoms with Crippen LogP contribution >= 0.6 is 25.3 Å². The topological polar surface area (TPSA) is 27.7 Å². The first-order chi connectivity index (χ1) is 6.65. The van der Waals surface area contributed by atoms with Gasteiger partial charge < -0.3 is 14.2 Å². The molecular formula is C9H12O3S2. The van der Waals surface area contributed by atoms with E-state index < -0.39 is 0 Å². The van der Waals surface area contributed by atoms with E-state index in [0.717, 1.165) is 0 Å². The minimum Gasteiger partial charge on any atom is -0.492 e. The highest BCUT2D eigenvalue weighted by atomic mass is 32.1. The van der Waals surface area contributed by atoms with Crippen molar-refractivity contribution in [3.63, 3.8) is 0 Å². The quantitative estimate of drug-likeness (QED) is 0.783. The Morgan fingerprint density at radius 1 is 0.786 bits per heavy atom. The highest BCUT2D eigenvalue weighted by molar-refractivity contribution is 7.81. The van der Waals surface area contributed by atoms with Crippen molar-refractivity contribution in [2.45, 2.75) is 9.79 Å². The van der Waals surface area contributed by atoms with Crippen molar-refractivity contribution in [2.24, 2.45) is 0 Å². The predicted molar refractivity (Wildman–Crippen MR) is 60.6 cm³/mol. The Morgan fingerprint density at radius 3 is 1.43 bits per heavy atom. The van der Waals surface area contributed by atoms with Gasteiger partial charge in [-0.1, -0.05) is 0 Å². The van der Waals surface area contributed by atoms with Crippen LogP contribution in [0.2, 0.25) is 0 Å². The summed E-state index contributed by atoms with van der Waals surface area (Å²) in [7, 11) is 4.64.